The summed E-state index contributed by atoms with van der Waals surface area (Å²) in [6, 6.07) is 5.47. The molecule has 0 saturated carbocycles. The van der Waals surface area contributed by atoms with Crippen LogP contribution >= 0.6 is 0 Å². The first kappa shape index (κ1) is 20.7. The summed E-state index contributed by atoms with van der Waals surface area (Å²) in [5, 5.41) is 0. The minimum Gasteiger partial charge on any atom is -0.466 e. The number of ether oxygens (including phenoxy) is 1. The van der Waals surface area contributed by atoms with E-state index in [1.807, 2.05) is 53.7 Å². The summed E-state index contributed by atoms with van der Waals surface area (Å²) in [7, 11) is -0.658. The Morgan fingerprint density at radius 2 is 1.77 bits per heavy atom. The second-order valence-electron chi connectivity index (χ2n) is 8.41. The molecule has 1 aromatic rings. The molecule has 1 aliphatic rings. The standard InChI is InChI=1S/C20H29BO5/c1-8-24-17(23)18(2,3)12-14-10-9-11-15(13-22)16(14)21-25-19(4,5)20(6,7)26-21/h9-11,13H,8,12H2,1-7H3. The van der Waals surface area contributed by atoms with Crippen LogP contribution in [0.1, 0.15) is 64.4 Å². The van der Waals surface area contributed by atoms with E-state index < -0.39 is 23.7 Å². The highest BCUT2D eigenvalue weighted by Gasteiger charge is 2.53. The van der Waals surface area contributed by atoms with Crippen LogP contribution in [0.4, 0.5) is 0 Å². The number of hydrogen-bond donors (Lipinski definition) is 0. The zero-order valence-electron chi connectivity index (χ0n) is 16.8. The lowest BCUT2D eigenvalue weighted by Crippen LogP contribution is -2.41. The van der Waals surface area contributed by atoms with E-state index >= 15 is 0 Å². The molecule has 1 heterocycles. The number of esters is 1. The normalized spacial score (nSPS) is 18.7. The Morgan fingerprint density at radius 1 is 1.19 bits per heavy atom. The first-order valence-electron chi connectivity index (χ1n) is 9.05. The molecule has 1 aromatic carbocycles. The minimum absolute atomic E-state index is 0.267. The molecule has 1 fully saturated rings. The third-order valence-electron chi connectivity index (χ3n) is 5.31. The highest BCUT2D eigenvalue weighted by molar-refractivity contribution is 6.64. The van der Waals surface area contributed by atoms with E-state index in [9.17, 15) is 9.59 Å². The van der Waals surface area contributed by atoms with E-state index in [-0.39, 0.29) is 5.97 Å². The fourth-order valence-electron chi connectivity index (χ4n) is 3.01. The van der Waals surface area contributed by atoms with Gasteiger partial charge >= 0.3 is 13.1 Å². The fraction of sp³-hybridized carbons (Fsp3) is 0.600. The van der Waals surface area contributed by atoms with Crippen molar-refractivity contribution in [3.05, 3.63) is 29.3 Å². The lowest BCUT2D eigenvalue weighted by atomic mass is 9.70. The monoisotopic (exact) mass is 360 g/mol. The number of aldehydes is 1. The molecule has 0 bridgehead atoms. The molecule has 0 atom stereocenters. The molecule has 142 valence electrons. The van der Waals surface area contributed by atoms with Crippen molar-refractivity contribution in [3.8, 4) is 0 Å². The predicted octanol–water partition coefficient (Wildman–Crippen LogP) is 2.93. The summed E-state index contributed by atoms with van der Waals surface area (Å²) in [6.07, 6.45) is 1.23. The molecular weight excluding hydrogens is 331 g/mol. The van der Waals surface area contributed by atoms with Gasteiger partial charge in [0.1, 0.15) is 6.29 Å². The van der Waals surface area contributed by atoms with E-state index in [0.29, 0.717) is 24.1 Å². The van der Waals surface area contributed by atoms with Crippen molar-refractivity contribution < 1.29 is 23.6 Å². The Kier molecular flexibility index (Phi) is 5.69. The van der Waals surface area contributed by atoms with Crippen LogP contribution in [0.15, 0.2) is 18.2 Å². The SMILES string of the molecule is CCOC(=O)C(C)(C)Cc1cccc(C=O)c1B1OC(C)(C)C(C)(C)O1. The number of benzene rings is 1. The Labute approximate surface area is 156 Å². The average Bonchev–Trinajstić information content (AvgIpc) is 2.74. The van der Waals surface area contributed by atoms with Gasteiger partial charge in [-0.05, 0) is 65.9 Å². The summed E-state index contributed by atoms with van der Waals surface area (Å²) >= 11 is 0. The van der Waals surface area contributed by atoms with Crippen LogP contribution < -0.4 is 5.46 Å². The van der Waals surface area contributed by atoms with Crippen molar-refractivity contribution in [2.45, 2.75) is 66.1 Å². The highest BCUT2D eigenvalue weighted by Crippen LogP contribution is 2.37. The van der Waals surface area contributed by atoms with E-state index in [2.05, 4.69) is 0 Å². The van der Waals surface area contributed by atoms with Gasteiger partial charge in [-0.3, -0.25) is 9.59 Å². The minimum atomic E-state index is -0.726. The summed E-state index contributed by atoms with van der Waals surface area (Å²) in [5.41, 5.74) is 0.310. The van der Waals surface area contributed by atoms with Crippen LogP contribution in [-0.4, -0.2) is 37.2 Å². The molecule has 5 nitrogen and oxygen atoms in total. The Balaban J connectivity index is 2.44. The Morgan fingerprint density at radius 3 is 2.27 bits per heavy atom. The van der Waals surface area contributed by atoms with Crippen LogP contribution in [0.25, 0.3) is 0 Å². The third kappa shape index (κ3) is 3.86. The van der Waals surface area contributed by atoms with Crippen molar-refractivity contribution in [1.82, 2.24) is 0 Å². The van der Waals surface area contributed by atoms with Crippen molar-refractivity contribution in [3.63, 3.8) is 0 Å². The van der Waals surface area contributed by atoms with Crippen LogP contribution in [0.3, 0.4) is 0 Å². The van der Waals surface area contributed by atoms with Crippen LogP contribution in [0, 0.1) is 5.41 Å². The quantitative estimate of drug-likeness (QED) is 0.444. The summed E-state index contributed by atoms with van der Waals surface area (Å²) in [5.74, 6) is -0.267. The predicted molar refractivity (Wildman–Crippen MR) is 102 cm³/mol. The number of hydrogen-bond acceptors (Lipinski definition) is 5. The molecule has 6 heteroatoms. The first-order chi connectivity index (χ1) is 11.9. The number of rotatable bonds is 6. The van der Waals surface area contributed by atoms with Gasteiger partial charge < -0.3 is 14.0 Å². The maximum atomic E-state index is 12.3. The lowest BCUT2D eigenvalue weighted by molar-refractivity contribution is -0.153. The average molecular weight is 360 g/mol. The largest absolute Gasteiger partial charge is 0.495 e. The van der Waals surface area contributed by atoms with Crippen molar-refractivity contribution in [1.29, 1.82) is 0 Å². The van der Waals surface area contributed by atoms with Gasteiger partial charge in [0.25, 0.3) is 0 Å². The van der Waals surface area contributed by atoms with Crippen LogP contribution in [0.5, 0.6) is 0 Å². The van der Waals surface area contributed by atoms with Crippen LogP contribution in [0.2, 0.25) is 0 Å². The summed E-state index contributed by atoms with van der Waals surface area (Å²) in [6.45, 7) is 13.7. The highest BCUT2D eigenvalue weighted by atomic mass is 16.7. The van der Waals surface area contributed by atoms with Gasteiger partial charge in [0.2, 0.25) is 0 Å². The molecule has 0 aliphatic carbocycles. The Bertz CT molecular complexity index is 677. The molecule has 0 aromatic heterocycles. The molecule has 0 amide bonds. The molecule has 1 saturated heterocycles. The molecular formula is C20H29BO5. The van der Waals surface area contributed by atoms with Gasteiger partial charge in [-0.15, -0.1) is 0 Å². The number of carbonyl (C=O) groups excluding carboxylic acids is 2. The summed E-state index contributed by atoms with van der Waals surface area (Å²) < 4.78 is 17.5. The van der Waals surface area contributed by atoms with Gasteiger partial charge in [-0.1, -0.05) is 18.2 Å². The molecule has 2 rings (SSSR count). The second-order valence-corrected chi connectivity index (χ2v) is 8.41. The lowest BCUT2D eigenvalue weighted by Gasteiger charge is -2.32. The second kappa shape index (κ2) is 7.16. The van der Waals surface area contributed by atoms with E-state index in [1.54, 1.807) is 13.0 Å². The van der Waals surface area contributed by atoms with Gasteiger partial charge in [0.15, 0.2) is 0 Å². The van der Waals surface area contributed by atoms with E-state index in [0.717, 1.165) is 11.8 Å². The molecule has 1 aliphatic heterocycles. The smallest absolute Gasteiger partial charge is 0.466 e. The number of carbonyl (C=O) groups is 2. The van der Waals surface area contributed by atoms with Gasteiger partial charge in [0, 0.05) is 5.56 Å². The zero-order chi connectivity index (χ0) is 19.8. The van der Waals surface area contributed by atoms with E-state index in [1.165, 1.54) is 0 Å². The molecule has 0 radical (unpaired) electrons. The molecule has 0 unspecified atom stereocenters. The maximum Gasteiger partial charge on any atom is 0.495 e. The van der Waals surface area contributed by atoms with Gasteiger partial charge in [0.05, 0.1) is 23.2 Å². The first-order valence-corrected chi connectivity index (χ1v) is 9.05. The third-order valence-corrected chi connectivity index (χ3v) is 5.31. The molecule has 0 spiro atoms. The fourth-order valence-corrected chi connectivity index (χ4v) is 3.01. The van der Waals surface area contributed by atoms with Crippen molar-refractivity contribution in [2.24, 2.45) is 5.41 Å². The molecule has 26 heavy (non-hydrogen) atoms. The van der Waals surface area contributed by atoms with Gasteiger partial charge in [-0.2, -0.15) is 0 Å². The maximum absolute atomic E-state index is 12.3. The van der Waals surface area contributed by atoms with Crippen molar-refractivity contribution >= 4 is 24.8 Å². The zero-order valence-corrected chi connectivity index (χ0v) is 16.8. The topological polar surface area (TPSA) is 61.8 Å². The van der Waals surface area contributed by atoms with Gasteiger partial charge in [-0.25, -0.2) is 0 Å². The van der Waals surface area contributed by atoms with E-state index in [4.69, 9.17) is 14.0 Å². The van der Waals surface area contributed by atoms with Crippen LogP contribution in [-0.2, 0) is 25.3 Å². The summed E-state index contributed by atoms with van der Waals surface area (Å²) in [4.78, 5) is 24.0. The molecule has 0 N–H and O–H groups in total. The van der Waals surface area contributed by atoms with Crippen molar-refractivity contribution in [2.75, 3.05) is 6.61 Å². The Hall–Kier alpha value is -1.66.